The van der Waals surface area contributed by atoms with Gasteiger partial charge < -0.3 is 52.7 Å². The molecule has 0 atom stereocenters. The molecule has 212 valence electrons. The number of nitrogens with one attached hydrogen (secondary N) is 1. The first kappa shape index (κ1) is 35.3. The third-order valence-corrected chi connectivity index (χ3v) is 4.51. The van der Waals surface area contributed by atoms with E-state index in [-0.39, 0.29) is 0 Å². The zero-order chi connectivity index (χ0) is 25.3. The fourth-order valence-electron chi connectivity index (χ4n) is 2.31. The molecule has 35 heavy (non-hydrogen) atoms. The van der Waals surface area contributed by atoms with Crippen LogP contribution in [0.25, 0.3) is 0 Å². The highest BCUT2D eigenvalue weighted by molar-refractivity contribution is 14.1. The van der Waals surface area contributed by atoms with Gasteiger partial charge in [-0.25, -0.2) is 0 Å². The molecular weight excluding hydrogens is 577 g/mol. The third-order valence-electron chi connectivity index (χ3n) is 4.07. The zero-order valence-electron chi connectivity index (χ0n) is 21.5. The van der Waals surface area contributed by atoms with Crippen molar-refractivity contribution in [2.24, 2.45) is 0 Å². The van der Waals surface area contributed by atoms with Gasteiger partial charge in [0.25, 0.3) is 0 Å². The first-order valence-electron chi connectivity index (χ1n) is 12.4. The monoisotopic (exact) mass is 625 g/mol. The molecule has 0 bridgehead atoms. The van der Waals surface area contributed by atoms with Crippen LogP contribution in [0.2, 0.25) is 0 Å². The summed E-state index contributed by atoms with van der Waals surface area (Å²) in [4.78, 5) is 0. The Hall–Kier alpha value is 0.290. The van der Waals surface area contributed by atoms with Gasteiger partial charge in [-0.05, 0) is 7.05 Å². The maximum absolute atomic E-state index is 5.45. The van der Waals surface area contributed by atoms with E-state index in [2.05, 4.69) is 27.9 Å². The molecule has 0 saturated heterocycles. The number of likely N-dealkylation sites (N-methyl/N-ethyl adjacent to an activating group) is 1. The molecule has 0 rings (SSSR count). The summed E-state index contributed by atoms with van der Waals surface area (Å²) in [5.74, 6) is 0. The quantitative estimate of drug-likeness (QED) is 0.0653. The lowest BCUT2D eigenvalue weighted by molar-refractivity contribution is -0.0261. The molecule has 0 spiro atoms. The smallest absolute Gasteiger partial charge is 0.0701 e. The maximum atomic E-state index is 5.45. The average molecular weight is 626 g/mol. The normalized spacial score (nSPS) is 11.5. The molecule has 0 aromatic rings. The van der Waals surface area contributed by atoms with Crippen LogP contribution in [0.5, 0.6) is 0 Å². The predicted molar refractivity (Wildman–Crippen MR) is 141 cm³/mol. The van der Waals surface area contributed by atoms with Gasteiger partial charge in [-0.3, -0.25) is 0 Å². The van der Waals surface area contributed by atoms with E-state index in [0.29, 0.717) is 126 Å². The van der Waals surface area contributed by atoms with Crippen molar-refractivity contribution in [3.05, 3.63) is 0 Å². The highest BCUT2D eigenvalue weighted by atomic mass is 127. The minimum absolute atomic E-state index is 0.530. The standard InChI is InChI=1S/C23H48INO10/c1-25-3-5-27-7-9-29-11-13-31-15-17-33-19-21-35-23-22-34-20-18-32-16-14-30-12-10-28-8-6-26-4-2-24/h25H,2-23H2,1H3. The molecule has 0 heterocycles. The van der Waals surface area contributed by atoms with Crippen LogP contribution in [0.1, 0.15) is 0 Å². The SMILES string of the molecule is CNCCOCCOCCOCCOCCOCCOCCOCCOCCOCCOCCI. The number of halogens is 1. The fourth-order valence-corrected chi connectivity index (χ4v) is 2.62. The molecule has 0 radical (unpaired) electrons. The summed E-state index contributed by atoms with van der Waals surface area (Å²) in [6.45, 7) is 12.3. The molecule has 0 saturated carbocycles. The first-order chi connectivity index (χ1) is 17.4. The summed E-state index contributed by atoms with van der Waals surface area (Å²) >= 11 is 2.28. The van der Waals surface area contributed by atoms with Crippen LogP contribution >= 0.6 is 22.6 Å². The second-order valence-corrected chi connectivity index (χ2v) is 8.00. The van der Waals surface area contributed by atoms with Crippen molar-refractivity contribution in [1.29, 1.82) is 0 Å². The van der Waals surface area contributed by atoms with Crippen molar-refractivity contribution < 1.29 is 47.4 Å². The molecule has 0 aliphatic heterocycles. The van der Waals surface area contributed by atoms with Crippen LogP contribution in [-0.4, -0.2) is 150 Å². The van der Waals surface area contributed by atoms with Gasteiger partial charge in [0.15, 0.2) is 0 Å². The Labute approximate surface area is 225 Å². The number of hydrogen-bond donors (Lipinski definition) is 1. The van der Waals surface area contributed by atoms with Gasteiger partial charge in [0.05, 0.1) is 132 Å². The topological polar surface area (TPSA) is 104 Å². The van der Waals surface area contributed by atoms with Gasteiger partial charge in [-0.1, -0.05) is 22.6 Å². The maximum Gasteiger partial charge on any atom is 0.0701 e. The van der Waals surface area contributed by atoms with Crippen LogP contribution in [0, 0.1) is 0 Å². The molecule has 0 amide bonds. The molecule has 0 aromatic carbocycles. The minimum atomic E-state index is 0.530. The Bertz CT molecular complexity index is 343. The van der Waals surface area contributed by atoms with E-state index in [1.54, 1.807) is 0 Å². The minimum Gasteiger partial charge on any atom is -0.378 e. The number of hydrogen-bond acceptors (Lipinski definition) is 11. The average Bonchev–Trinajstić information content (AvgIpc) is 2.87. The summed E-state index contributed by atoms with van der Waals surface area (Å²) in [6, 6.07) is 0. The lowest BCUT2D eigenvalue weighted by atomic mass is 10.6. The van der Waals surface area contributed by atoms with Gasteiger partial charge in [-0.15, -0.1) is 0 Å². The largest absolute Gasteiger partial charge is 0.378 e. The molecule has 0 unspecified atom stereocenters. The Balaban J connectivity index is 3.00. The Morgan fingerprint density at radius 1 is 0.343 bits per heavy atom. The van der Waals surface area contributed by atoms with E-state index in [9.17, 15) is 0 Å². The second-order valence-electron chi connectivity index (χ2n) is 6.92. The van der Waals surface area contributed by atoms with Crippen LogP contribution < -0.4 is 5.32 Å². The van der Waals surface area contributed by atoms with Gasteiger partial charge >= 0.3 is 0 Å². The molecule has 12 heteroatoms. The fraction of sp³-hybridized carbons (Fsp3) is 1.00. The van der Waals surface area contributed by atoms with Crippen molar-refractivity contribution >= 4 is 22.6 Å². The molecule has 0 aliphatic rings. The third kappa shape index (κ3) is 34.3. The van der Waals surface area contributed by atoms with Crippen molar-refractivity contribution in [3.8, 4) is 0 Å². The Kier molecular flexibility index (Phi) is 34.6. The van der Waals surface area contributed by atoms with Crippen molar-refractivity contribution in [2.45, 2.75) is 0 Å². The number of rotatable bonds is 32. The van der Waals surface area contributed by atoms with Crippen molar-refractivity contribution in [1.82, 2.24) is 5.32 Å². The summed E-state index contributed by atoms with van der Waals surface area (Å²) in [5.41, 5.74) is 0. The molecule has 1 N–H and O–H groups in total. The van der Waals surface area contributed by atoms with Gasteiger partial charge in [0.2, 0.25) is 0 Å². The summed E-state index contributed by atoms with van der Waals surface area (Å²) in [7, 11) is 1.90. The van der Waals surface area contributed by atoms with Crippen LogP contribution in [0.15, 0.2) is 0 Å². The van der Waals surface area contributed by atoms with Crippen LogP contribution in [-0.2, 0) is 47.4 Å². The highest BCUT2D eigenvalue weighted by Crippen LogP contribution is 1.87. The summed E-state index contributed by atoms with van der Waals surface area (Å²) in [5, 5.41) is 3.02. The summed E-state index contributed by atoms with van der Waals surface area (Å²) < 4.78 is 55.1. The molecular formula is C23H48INO10. The Morgan fingerprint density at radius 2 is 0.543 bits per heavy atom. The van der Waals surface area contributed by atoms with E-state index in [0.717, 1.165) is 17.6 Å². The van der Waals surface area contributed by atoms with E-state index < -0.39 is 0 Å². The van der Waals surface area contributed by atoms with E-state index in [1.807, 2.05) is 7.05 Å². The molecule has 0 aromatic heterocycles. The van der Waals surface area contributed by atoms with Crippen LogP contribution in [0.4, 0.5) is 0 Å². The lowest BCUT2D eigenvalue weighted by Gasteiger charge is -2.09. The number of ether oxygens (including phenoxy) is 10. The number of alkyl halides is 1. The molecule has 0 aliphatic carbocycles. The Morgan fingerprint density at radius 3 is 0.743 bits per heavy atom. The van der Waals surface area contributed by atoms with Gasteiger partial charge in [-0.2, -0.15) is 0 Å². The van der Waals surface area contributed by atoms with E-state index in [4.69, 9.17) is 47.4 Å². The molecule has 0 fully saturated rings. The van der Waals surface area contributed by atoms with E-state index >= 15 is 0 Å². The second kappa shape index (κ2) is 34.3. The van der Waals surface area contributed by atoms with Crippen molar-refractivity contribution in [2.75, 3.05) is 150 Å². The van der Waals surface area contributed by atoms with Crippen molar-refractivity contribution in [3.63, 3.8) is 0 Å². The van der Waals surface area contributed by atoms with Gasteiger partial charge in [0.1, 0.15) is 0 Å². The lowest BCUT2D eigenvalue weighted by Crippen LogP contribution is -2.17. The first-order valence-corrected chi connectivity index (χ1v) is 13.9. The predicted octanol–water partition coefficient (Wildman–Crippen LogP) is 0.807. The van der Waals surface area contributed by atoms with Crippen LogP contribution in [0.3, 0.4) is 0 Å². The van der Waals surface area contributed by atoms with E-state index in [1.165, 1.54) is 0 Å². The summed E-state index contributed by atoms with van der Waals surface area (Å²) in [6.07, 6.45) is 0. The van der Waals surface area contributed by atoms with Gasteiger partial charge in [0, 0.05) is 11.0 Å². The zero-order valence-corrected chi connectivity index (χ0v) is 23.7. The molecule has 11 nitrogen and oxygen atoms in total. The highest BCUT2D eigenvalue weighted by Gasteiger charge is 1.95.